The zero-order valence-electron chi connectivity index (χ0n) is 12.9. The Hall–Kier alpha value is -1.06. The maximum atomic E-state index is 11.9. The van der Waals surface area contributed by atoms with Gasteiger partial charge in [0.1, 0.15) is 11.9 Å². The summed E-state index contributed by atoms with van der Waals surface area (Å²) in [5.74, 6) is 0.527. The molecule has 4 heteroatoms. The summed E-state index contributed by atoms with van der Waals surface area (Å²) >= 11 is 0. The van der Waals surface area contributed by atoms with Crippen molar-refractivity contribution in [1.29, 1.82) is 0 Å². The molecule has 1 amide bonds. The summed E-state index contributed by atoms with van der Waals surface area (Å²) in [6, 6.07) is 0. The van der Waals surface area contributed by atoms with Gasteiger partial charge in [0.2, 0.25) is 0 Å². The fraction of sp³-hybridized carbons (Fsp3) is 0.867. The first-order chi connectivity index (χ1) is 8.63. The molecule has 0 atom stereocenters. The molecule has 110 valence electrons. The Morgan fingerprint density at radius 3 is 2.16 bits per heavy atom. The highest BCUT2D eigenvalue weighted by Crippen LogP contribution is 2.30. The molecule has 0 N–H and O–H groups in total. The van der Waals surface area contributed by atoms with Crippen molar-refractivity contribution in [3.8, 4) is 0 Å². The first kappa shape index (κ1) is 16.0. The number of aldehydes is 1. The predicted octanol–water partition coefficient (Wildman–Crippen LogP) is 3.25. The molecule has 1 aliphatic heterocycles. The van der Waals surface area contributed by atoms with Crippen LogP contribution in [0.25, 0.3) is 0 Å². The lowest BCUT2D eigenvalue weighted by Crippen LogP contribution is -2.42. The van der Waals surface area contributed by atoms with Gasteiger partial charge in [0.15, 0.2) is 0 Å². The molecule has 4 nitrogen and oxygen atoms in total. The van der Waals surface area contributed by atoms with Crippen LogP contribution in [-0.2, 0) is 9.53 Å². The maximum absolute atomic E-state index is 11.9. The molecule has 0 aromatic carbocycles. The minimum atomic E-state index is -0.437. The summed E-state index contributed by atoms with van der Waals surface area (Å²) in [6.45, 7) is 11.0. The zero-order valence-corrected chi connectivity index (χ0v) is 12.9. The zero-order chi connectivity index (χ0) is 14.7. The second-order valence-electron chi connectivity index (χ2n) is 7.22. The van der Waals surface area contributed by atoms with Crippen molar-refractivity contribution in [2.45, 2.75) is 59.5 Å². The van der Waals surface area contributed by atoms with Crippen LogP contribution < -0.4 is 0 Å². The van der Waals surface area contributed by atoms with Gasteiger partial charge in [-0.15, -0.1) is 0 Å². The van der Waals surface area contributed by atoms with Gasteiger partial charge in [-0.1, -0.05) is 13.8 Å². The van der Waals surface area contributed by atoms with Crippen molar-refractivity contribution in [3.63, 3.8) is 0 Å². The molecule has 0 saturated carbocycles. The normalized spacial score (nSPS) is 18.3. The lowest BCUT2D eigenvalue weighted by molar-refractivity contribution is -0.115. The van der Waals surface area contributed by atoms with Crippen molar-refractivity contribution >= 4 is 12.4 Å². The molecular weight excluding hydrogens is 242 g/mol. The van der Waals surface area contributed by atoms with Crippen LogP contribution in [0.3, 0.4) is 0 Å². The van der Waals surface area contributed by atoms with Crippen molar-refractivity contribution in [2.24, 2.45) is 11.3 Å². The van der Waals surface area contributed by atoms with E-state index in [1.807, 2.05) is 34.6 Å². The summed E-state index contributed by atoms with van der Waals surface area (Å²) in [5, 5.41) is 0. The summed E-state index contributed by atoms with van der Waals surface area (Å²) in [6.07, 6.45) is 3.62. The number of carbonyl (C=O) groups is 2. The number of ether oxygens (including phenoxy) is 1. The first-order valence-corrected chi connectivity index (χ1v) is 7.07. The van der Waals surface area contributed by atoms with E-state index < -0.39 is 5.60 Å². The SMILES string of the molecule is CC(C)(C=O)CC1CCN(C(=O)OC(C)(C)C)CC1. The Morgan fingerprint density at radius 2 is 1.74 bits per heavy atom. The van der Waals surface area contributed by atoms with Gasteiger partial charge >= 0.3 is 6.09 Å². The van der Waals surface area contributed by atoms with E-state index in [1.54, 1.807) is 4.90 Å². The molecule has 1 aliphatic rings. The number of hydrogen-bond donors (Lipinski definition) is 0. The third-order valence-corrected chi connectivity index (χ3v) is 3.40. The standard InChI is InChI=1S/C15H27NO3/c1-14(2,3)19-13(18)16-8-6-12(7-9-16)10-15(4,5)11-17/h11-12H,6-10H2,1-5H3. The molecule has 0 aromatic rings. The van der Waals surface area contributed by atoms with Gasteiger partial charge in [0.05, 0.1) is 0 Å². The largest absolute Gasteiger partial charge is 0.444 e. The van der Waals surface area contributed by atoms with E-state index in [0.717, 1.165) is 38.6 Å². The van der Waals surface area contributed by atoms with Gasteiger partial charge in [-0.2, -0.15) is 0 Å². The maximum Gasteiger partial charge on any atom is 0.410 e. The molecule has 1 heterocycles. The molecule has 0 aliphatic carbocycles. The van der Waals surface area contributed by atoms with E-state index in [1.165, 1.54) is 0 Å². The highest BCUT2D eigenvalue weighted by molar-refractivity contribution is 5.68. The smallest absolute Gasteiger partial charge is 0.410 e. The second kappa shape index (κ2) is 5.93. The van der Waals surface area contributed by atoms with Crippen LogP contribution in [0, 0.1) is 11.3 Å². The van der Waals surface area contributed by atoms with Crippen LogP contribution in [0.2, 0.25) is 0 Å². The molecule has 0 radical (unpaired) electrons. The molecule has 0 spiro atoms. The number of amides is 1. The van der Waals surface area contributed by atoms with Crippen LogP contribution >= 0.6 is 0 Å². The molecule has 0 bridgehead atoms. The summed E-state index contributed by atoms with van der Waals surface area (Å²) in [4.78, 5) is 24.6. The van der Waals surface area contributed by atoms with Crippen LogP contribution in [0.1, 0.15) is 53.9 Å². The van der Waals surface area contributed by atoms with Crippen LogP contribution in [-0.4, -0.2) is 36.0 Å². The van der Waals surface area contributed by atoms with Gasteiger partial charge < -0.3 is 14.4 Å². The summed E-state index contributed by atoms with van der Waals surface area (Å²) in [5.41, 5.74) is -0.688. The third kappa shape index (κ3) is 5.62. The lowest BCUT2D eigenvalue weighted by atomic mass is 9.80. The minimum absolute atomic E-state index is 0.222. The van der Waals surface area contributed by atoms with E-state index in [-0.39, 0.29) is 11.5 Å². The van der Waals surface area contributed by atoms with Crippen molar-refractivity contribution < 1.29 is 14.3 Å². The van der Waals surface area contributed by atoms with E-state index in [2.05, 4.69) is 0 Å². The number of hydrogen-bond acceptors (Lipinski definition) is 3. The number of piperidine rings is 1. The Labute approximate surface area is 116 Å². The monoisotopic (exact) mass is 269 g/mol. The molecule has 1 fully saturated rings. The first-order valence-electron chi connectivity index (χ1n) is 7.07. The lowest BCUT2D eigenvalue weighted by Gasteiger charge is -2.35. The summed E-state index contributed by atoms with van der Waals surface area (Å²) < 4.78 is 5.37. The van der Waals surface area contributed by atoms with Crippen LogP contribution in [0.5, 0.6) is 0 Å². The summed E-state index contributed by atoms with van der Waals surface area (Å²) in [7, 11) is 0. The fourth-order valence-electron chi connectivity index (χ4n) is 2.44. The highest BCUT2D eigenvalue weighted by atomic mass is 16.6. The molecular formula is C15H27NO3. The van der Waals surface area contributed by atoms with E-state index >= 15 is 0 Å². The van der Waals surface area contributed by atoms with E-state index in [0.29, 0.717) is 5.92 Å². The van der Waals surface area contributed by atoms with Gasteiger partial charge in [-0.3, -0.25) is 0 Å². The highest BCUT2D eigenvalue weighted by Gasteiger charge is 2.29. The van der Waals surface area contributed by atoms with Gasteiger partial charge in [0.25, 0.3) is 0 Å². The average molecular weight is 269 g/mol. The van der Waals surface area contributed by atoms with Gasteiger partial charge in [0, 0.05) is 18.5 Å². The van der Waals surface area contributed by atoms with E-state index in [4.69, 9.17) is 4.74 Å². The number of carbonyl (C=O) groups excluding carboxylic acids is 2. The number of nitrogens with zero attached hydrogens (tertiary/aromatic N) is 1. The average Bonchev–Trinajstić information content (AvgIpc) is 2.27. The van der Waals surface area contributed by atoms with Gasteiger partial charge in [-0.25, -0.2) is 4.79 Å². The molecule has 1 saturated heterocycles. The predicted molar refractivity (Wildman–Crippen MR) is 75.0 cm³/mol. The molecule has 0 aromatic heterocycles. The number of likely N-dealkylation sites (tertiary alicyclic amines) is 1. The van der Waals surface area contributed by atoms with Crippen molar-refractivity contribution in [1.82, 2.24) is 4.90 Å². The Bertz CT molecular complexity index is 323. The van der Waals surface area contributed by atoms with Crippen molar-refractivity contribution in [3.05, 3.63) is 0 Å². The molecule has 19 heavy (non-hydrogen) atoms. The number of rotatable bonds is 3. The Morgan fingerprint density at radius 1 is 1.21 bits per heavy atom. The second-order valence-corrected chi connectivity index (χ2v) is 7.22. The van der Waals surface area contributed by atoms with Crippen molar-refractivity contribution in [2.75, 3.05) is 13.1 Å². The van der Waals surface area contributed by atoms with Crippen LogP contribution in [0.15, 0.2) is 0 Å². The Balaban J connectivity index is 2.41. The fourth-order valence-corrected chi connectivity index (χ4v) is 2.44. The topological polar surface area (TPSA) is 46.6 Å². The molecule has 1 rings (SSSR count). The van der Waals surface area contributed by atoms with Crippen LogP contribution in [0.4, 0.5) is 4.79 Å². The minimum Gasteiger partial charge on any atom is -0.444 e. The molecule has 0 unspecified atom stereocenters. The quantitative estimate of drug-likeness (QED) is 0.739. The van der Waals surface area contributed by atoms with Gasteiger partial charge in [-0.05, 0) is 46.0 Å². The van der Waals surface area contributed by atoms with E-state index in [9.17, 15) is 9.59 Å². The third-order valence-electron chi connectivity index (χ3n) is 3.40. The Kier molecular flexibility index (Phi) is 4.99.